The highest BCUT2D eigenvalue weighted by Crippen LogP contribution is 2.15. The Morgan fingerprint density at radius 1 is 1.37 bits per heavy atom. The lowest BCUT2D eigenvalue weighted by Crippen LogP contribution is -2.23. The molecule has 0 bridgehead atoms. The summed E-state index contributed by atoms with van der Waals surface area (Å²) in [6, 6.07) is 4.50. The van der Waals surface area contributed by atoms with Gasteiger partial charge < -0.3 is 15.3 Å². The van der Waals surface area contributed by atoms with Gasteiger partial charge >= 0.3 is 0 Å². The number of aliphatic hydroxyl groups excluding tert-OH is 1. The molecule has 0 spiro atoms. The minimum atomic E-state index is -0.264. The molecule has 19 heavy (non-hydrogen) atoms. The van der Waals surface area contributed by atoms with Crippen LogP contribution in [0.5, 0.6) is 0 Å². The van der Waals surface area contributed by atoms with Crippen LogP contribution in [0.4, 0.5) is 5.82 Å². The van der Waals surface area contributed by atoms with Crippen molar-refractivity contribution in [3.05, 3.63) is 23.9 Å². The van der Waals surface area contributed by atoms with Crippen molar-refractivity contribution in [1.82, 2.24) is 10.3 Å². The zero-order valence-electron chi connectivity index (χ0n) is 12.6. The number of pyridine rings is 1. The lowest BCUT2D eigenvalue weighted by atomic mass is 10.1. The molecule has 108 valence electrons. The van der Waals surface area contributed by atoms with Crippen LogP contribution in [0.1, 0.15) is 45.2 Å². The Labute approximate surface area is 116 Å². The van der Waals surface area contributed by atoms with Crippen LogP contribution in [0.25, 0.3) is 0 Å². The van der Waals surface area contributed by atoms with Crippen LogP contribution in [0, 0.1) is 0 Å². The smallest absolute Gasteiger partial charge is 0.128 e. The highest BCUT2D eigenvalue weighted by atomic mass is 16.3. The van der Waals surface area contributed by atoms with Gasteiger partial charge in [0.25, 0.3) is 0 Å². The minimum Gasteiger partial charge on any atom is -0.393 e. The molecular formula is C15H27N3O. The Morgan fingerprint density at radius 3 is 2.63 bits per heavy atom. The van der Waals surface area contributed by atoms with Gasteiger partial charge in [-0.25, -0.2) is 4.98 Å². The van der Waals surface area contributed by atoms with Gasteiger partial charge in [0.05, 0.1) is 6.10 Å². The number of anilines is 1. The van der Waals surface area contributed by atoms with Gasteiger partial charge in [-0.2, -0.15) is 0 Å². The molecule has 0 aromatic carbocycles. The Hall–Kier alpha value is -1.13. The van der Waals surface area contributed by atoms with E-state index >= 15 is 0 Å². The zero-order valence-corrected chi connectivity index (χ0v) is 12.6. The fourth-order valence-corrected chi connectivity index (χ4v) is 1.85. The average molecular weight is 265 g/mol. The Bertz CT molecular complexity index is 351. The first kappa shape index (κ1) is 15.9. The summed E-state index contributed by atoms with van der Waals surface area (Å²) in [6.45, 7) is 7.97. The third-order valence-electron chi connectivity index (χ3n) is 3.24. The quantitative estimate of drug-likeness (QED) is 0.757. The lowest BCUT2D eigenvalue weighted by Gasteiger charge is -2.20. The largest absolute Gasteiger partial charge is 0.393 e. The molecule has 1 heterocycles. The topological polar surface area (TPSA) is 48.4 Å². The summed E-state index contributed by atoms with van der Waals surface area (Å²) < 4.78 is 0. The van der Waals surface area contributed by atoms with Gasteiger partial charge in [0.15, 0.2) is 0 Å². The Kier molecular flexibility index (Phi) is 6.81. The molecule has 0 fully saturated rings. The van der Waals surface area contributed by atoms with Crippen LogP contribution in [0.3, 0.4) is 0 Å². The molecular weight excluding hydrogens is 238 g/mol. The lowest BCUT2D eigenvalue weighted by molar-refractivity contribution is 0.187. The first-order chi connectivity index (χ1) is 9.04. The van der Waals surface area contributed by atoms with E-state index < -0.39 is 0 Å². The van der Waals surface area contributed by atoms with Crippen LogP contribution < -0.4 is 10.2 Å². The van der Waals surface area contributed by atoms with Gasteiger partial charge in [-0.05, 0) is 44.9 Å². The first-order valence-corrected chi connectivity index (χ1v) is 7.13. The second-order valence-corrected chi connectivity index (χ2v) is 5.18. The maximum atomic E-state index is 9.29. The molecule has 0 saturated carbocycles. The van der Waals surface area contributed by atoms with Gasteiger partial charge in [0.1, 0.15) is 5.82 Å². The number of rotatable bonds is 8. The number of aromatic nitrogens is 1. The molecule has 0 aliphatic carbocycles. The predicted molar refractivity (Wildman–Crippen MR) is 80.5 cm³/mol. The highest BCUT2D eigenvalue weighted by molar-refractivity contribution is 5.38. The van der Waals surface area contributed by atoms with E-state index in [0.717, 1.165) is 31.7 Å². The van der Waals surface area contributed by atoms with Crippen molar-refractivity contribution in [1.29, 1.82) is 0 Å². The summed E-state index contributed by atoms with van der Waals surface area (Å²) in [6.07, 6.45) is 3.56. The maximum Gasteiger partial charge on any atom is 0.128 e. The van der Waals surface area contributed by atoms with Gasteiger partial charge in [-0.15, -0.1) is 0 Å². The molecule has 0 amide bonds. The number of nitrogens with zero attached hydrogens (tertiary/aromatic N) is 2. The first-order valence-electron chi connectivity index (χ1n) is 7.13. The van der Waals surface area contributed by atoms with Crippen molar-refractivity contribution in [3.63, 3.8) is 0 Å². The van der Waals surface area contributed by atoms with Crippen LogP contribution in [-0.4, -0.2) is 36.3 Å². The van der Waals surface area contributed by atoms with Gasteiger partial charge in [-0.1, -0.05) is 13.0 Å². The molecule has 0 saturated heterocycles. The summed E-state index contributed by atoms with van der Waals surface area (Å²) in [5.41, 5.74) is 1.21. The summed E-state index contributed by atoms with van der Waals surface area (Å²) in [4.78, 5) is 6.56. The molecule has 1 aromatic heterocycles. The maximum absolute atomic E-state index is 9.29. The third-order valence-corrected chi connectivity index (χ3v) is 3.24. The van der Waals surface area contributed by atoms with Crippen molar-refractivity contribution in [2.45, 2.75) is 45.8 Å². The summed E-state index contributed by atoms with van der Waals surface area (Å²) in [7, 11) is 2.00. The van der Waals surface area contributed by atoms with E-state index in [1.807, 2.05) is 26.2 Å². The van der Waals surface area contributed by atoms with Gasteiger partial charge in [-0.3, -0.25) is 0 Å². The molecule has 4 nitrogen and oxygen atoms in total. The normalized spacial score (nSPS) is 14.2. The van der Waals surface area contributed by atoms with Crippen LogP contribution in [-0.2, 0) is 0 Å². The van der Waals surface area contributed by atoms with Crippen molar-refractivity contribution in [2.24, 2.45) is 0 Å². The Morgan fingerprint density at radius 2 is 2.11 bits per heavy atom. The van der Waals surface area contributed by atoms with E-state index in [9.17, 15) is 5.11 Å². The summed E-state index contributed by atoms with van der Waals surface area (Å²) >= 11 is 0. The molecule has 0 aliphatic heterocycles. The summed E-state index contributed by atoms with van der Waals surface area (Å²) in [5.74, 6) is 0.951. The molecule has 2 N–H and O–H groups in total. The number of aliphatic hydroxyl groups is 1. The Balaban J connectivity index is 2.55. The standard InChI is InChI=1S/C15H27N3O/c1-5-9-16-13(3)14-6-7-15(17-11-14)18(4)10-8-12(2)19/h6-7,11-13,16,19H,5,8-10H2,1-4H3. The van der Waals surface area contributed by atoms with E-state index in [2.05, 4.69) is 35.1 Å². The van der Waals surface area contributed by atoms with E-state index in [4.69, 9.17) is 0 Å². The highest BCUT2D eigenvalue weighted by Gasteiger charge is 2.07. The van der Waals surface area contributed by atoms with Gasteiger partial charge in [0.2, 0.25) is 0 Å². The number of hydrogen-bond acceptors (Lipinski definition) is 4. The monoisotopic (exact) mass is 265 g/mol. The molecule has 1 rings (SSSR count). The molecule has 0 aliphatic rings. The van der Waals surface area contributed by atoms with Crippen molar-refractivity contribution in [3.8, 4) is 0 Å². The molecule has 1 aromatic rings. The molecule has 4 heteroatoms. The van der Waals surface area contributed by atoms with E-state index in [1.165, 1.54) is 5.56 Å². The molecule has 0 radical (unpaired) electrons. The van der Waals surface area contributed by atoms with Crippen molar-refractivity contribution in [2.75, 3.05) is 25.0 Å². The van der Waals surface area contributed by atoms with Crippen molar-refractivity contribution >= 4 is 5.82 Å². The minimum absolute atomic E-state index is 0.264. The van der Waals surface area contributed by atoms with Gasteiger partial charge in [0, 0.05) is 25.8 Å². The zero-order chi connectivity index (χ0) is 14.3. The van der Waals surface area contributed by atoms with E-state index in [-0.39, 0.29) is 6.10 Å². The second-order valence-electron chi connectivity index (χ2n) is 5.18. The fourth-order valence-electron chi connectivity index (χ4n) is 1.85. The van der Waals surface area contributed by atoms with Crippen molar-refractivity contribution < 1.29 is 5.11 Å². The fraction of sp³-hybridized carbons (Fsp3) is 0.667. The number of hydrogen-bond donors (Lipinski definition) is 2. The number of nitrogens with one attached hydrogen (secondary N) is 1. The molecule has 2 atom stereocenters. The van der Waals surface area contributed by atoms with Crippen LogP contribution in [0.2, 0.25) is 0 Å². The second kappa shape index (κ2) is 8.12. The average Bonchev–Trinajstić information content (AvgIpc) is 2.42. The predicted octanol–water partition coefficient (Wildman–Crippen LogP) is 2.35. The summed E-state index contributed by atoms with van der Waals surface area (Å²) in [5, 5.41) is 12.7. The van der Waals surface area contributed by atoms with E-state index in [0.29, 0.717) is 6.04 Å². The van der Waals surface area contributed by atoms with Crippen LogP contribution >= 0.6 is 0 Å². The SMILES string of the molecule is CCCNC(C)c1ccc(N(C)CCC(C)O)nc1. The van der Waals surface area contributed by atoms with E-state index in [1.54, 1.807) is 0 Å². The third kappa shape index (κ3) is 5.57. The molecule has 2 unspecified atom stereocenters. The van der Waals surface area contributed by atoms with Crippen LogP contribution in [0.15, 0.2) is 18.3 Å².